The van der Waals surface area contributed by atoms with Gasteiger partial charge in [0.2, 0.25) is 5.95 Å². The van der Waals surface area contributed by atoms with Crippen LogP contribution in [0.4, 0.5) is 16.2 Å². The van der Waals surface area contributed by atoms with Gasteiger partial charge in [-0.3, -0.25) is 0 Å². The zero-order chi connectivity index (χ0) is 15.4. The highest BCUT2D eigenvalue weighted by Crippen LogP contribution is 2.23. The minimum absolute atomic E-state index is 0.184. The third kappa shape index (κ3) is 3.55. The van der Waals surface area contributed by atoms with Gasteiger partial charge in [0.05, 0.1) is 19.4 Å². The Bertz CT molecular complexity index is 543. The predicted octanol–water partition coefficient (Wildman–Crippen LogP) is 2.75. The van der Waals surface area contributed by atoms with Crippen LogP contribution in [0.1, 0.15) is 32.6 Å². The van der Waals surface area contributed by atoms with Gasteiger partial charge in [-0.05, 0) is 32.6 Å². The Morgan fingerprint density at radius 2 is 2.14 bits per heavy atom. The van der Waals surface area contributed by atoms with E-state index in [4.69, 9.17) is 4.74 Å². The average molecular weight is 306 g/mol. The molecule has 1 N–H and O–H groups in total. The van der Waals surface area contributed by atoms with Crippen LogP contribution in [0, 0.1) is 5.82 Å². The lowest BCUT2D eigenvalue weighted by molar-refractivity contribution is 0.122. The van der Waals surface area contributed by atoms with Crippen molar-refractivity contribution in [2.24, 2.45) is 0 Å². The van der Waals surface area contributed by atoms with Crippen molar-refractivity contribution in [3.8, 4) is 0 Å². The monoisotopic (exact) mass is 306 g/mol. The van der Waals surface area contributed by atoms with Crippen molar-refractivity contribution in [1.82, 2.24) is 9.97 Å². The number of hydrogen-bond donors (Lipinski definition) is 1. The third-order valence-corrected chi connectivity index (χ3v) is 4.26. The lowest BCUT2D eigenvalue weighted by Gasteiger charge is -2.28. The molecule has 22 heavy (non-hydrogen) atoms. The highest BCUT2D eigenvalue weighted by molar-refractivity contribution is 5.45. The van der Waals surface area contributed by atoms with E-state index in [0.717, 1.165) is 12.8 Å². The van der Waals surface area contributed by atoms with Gasteiger partial charge >= 0.3 is 0 Å². The minimum Gasteiger partial charge on any atom is -0.378 e. The Morgan fingerprint density at radius 3 is 2.86 bits per heavy atom. The van der Waals surface area contributed by atoms with E-state index in [1.807, 2.05) is 4.90 Å². The second-order valence-electron chi connectivity index (χ2n) is 5.86. The van der Waals surface area contributed by atoms with E-state index in [-0.39, 0.29) is 11.9 Å². The summed E-state index contributed by atoms with van der Waals surface area (Å²) in [5.41, 5.74) is 1.40. The summed E-state index contributed by atoms with van der Waals surface area (Å²) in [6.07, 6.45) is 8.32. The van der Waals surface area contributed by atoms with Crippen molar-refractivity contribution in [3.63, 3.8) is 0 Å². The predicted molar refractivity (Wildman–Crippen MR) is 84.7 cm³/mol. The average Bonchev–Trinajstić information content (AvgIpc) is 2.58. The molecule has 1 saturated heterocycles. The van der Waals surface area contributed by atoms with Crippen molar-refractivity contribution < 1.29 is 9.13 Å². The molecule has 6 heteroatoms. The van der Waals surface area contributed by atoms with Gasteiger partial charge in [0.25, 0.3) is 0 Å². The van der Waals surface area contributed by atoms with Crippen LogP contribution < -0.4 is 10.2 Å². The number of aromatic nitrogens is 2. The maximum absolute atomic E-state index is 14.0. The Hall–Kier alpha value is -1.69. The van der Waals surface area contributed by atoms with Gasteiger partial charge in [0.1, 0.15) is 0 Å². The molecule has 0 amide bonds. The highest BCUT2D eigenvalue weighted by atomic mass is 19.1. The lowest BCUT2D eigenvalue weighted by Crippen LogP contribution is -2.37. The highest BCUT2D eigenvalue weighted by Gasteiger charge is 2.19. The maximum atomic E-state index is 14.0. The molecule has 5 nitrogen and oxygen atoms in total. The fraction of sp³-hybridized carbons (Fsp3) is 0.625. The van der Waals surface area contributed by atoms with Crippen LogP contribution in [0.3, 0.4) is 0 Å². The number of anilines is 2. The molecular weight excluding hydrogens is 283 g/mol. The second kappa shape index (κ2) is 7.05. The summed E-state index contributed by atoms with van der Waals surface area (Å²) >= 11 is 0. The molecule has 0 saturated carbocycles. The first-order chi connectivity index (χ1) is 10.7. The normalized spacial score (nSPS) is 20.5. The summed E-state index contributed by atoms with van der Waals surface area (Å²) in [6, 6.07) is 0.184. The Labute approximate surface area is 130 Å². The SMILES string of the molecule is CC(Nc1ncc(F)c(N2CCOCC2)n1)C1=CCCCC1. The first-order valence-electron chi connectivity index (χ1n) is 8.05. The van der Waals surface area contributed by atoms with E-state index in [9.17, 15) is 4.39 Å². The van der Waals surface area contributed by atoms with E-state index in [1.54, 1.807) is 0 Å². The molecule has 2 heterocycles. The minimum atomic E-state index is -0.378. The van der Waals surface area contributed by atoms with Crippen LogP contribution in [-0.2, 0) is 4.74 Å². The number of nitrogens with one attached hydrogen (secondary N) is 1. The van der Waals surface area contributed by atoms with Crippen LogP contribution in [0.15, 0.2) is 17.8 Å². The standard InChI is InChI=1S/C16H23FN4O/c1-12(13-5-3-2-4-6-13)19-16-18-11-14(17)15(20-16)21-7-9-22-10-8-21/h5,11-12H,2-4,6-10H2,1H3,(H,18,19,20). The lowest BCUT2D eigenvalue weighted by atomic mass is 9.95. The van der Waals surface area contributed by atoms with Gasteiger partial charge in [0, 0.05) is 19.1 Å². The molecule has 0 spiro atoms. The quantitative estimate of drug-likeness (QED) is 0.867. The molecule has 1 aliphatic heterocycles. The molecule has 0 bridgehead atoms. The van der Waals surface area contributed by atoms with Gasteiger partial charge < -0.3 is 15.0 Å². The molecule has 1 atom stereocenters. The Balaban J connectivity index is 1.72. The van der Waals surface area contributed by atoms with E-state index in [0.29, 0.717) is 38.1 Å². The number of nitrogens with zero attached hydrogens (tertiary/aromatic N) is 3. The number of hydrogen-bond acceptors (Lipinski definition) is 5. The summed E-state index contributed by atoms with van der Waals surface area (Å²) in [5, 5.41) is 3.30. The van der Waals surface area contributed by atoms with Crippen LogP contribution in [0.25, 0.3) is 0 Å². The van der Waals surface area contributed by atoms with Crippen LogP contribution in [0.2, 0.25) is 0 Å². The Kier molecular flexibility index (Phi) is 4.87. The van der Waals surface area contributed by atoms with E-state index >= 15 is 0 Å². The fourth-order valence-electron chi connectivity index (χ4n) is 2.97. The van der Waals surface area contributed by atoms with E-state index in [1.165, 1.54) is 24.6 Å². The topological polar surface area (TPSA) is 50.3 Å². The third-order valence-electron chi connectivity index (χ3n) is 4.26. The summed E-state index contributed by atoms with van der Waals surface area (Å²) in [7, 11) is 0. The Morgan fingerprint density at radius 1 is 1.32 bits per heavy atom. The molecule has 2 aliphatic rings. The summed E-state index contributed by atoms with van der Waals surface area (Å²) in [5.74, 6) is 0.476. The van der Waals surface area contributed by atoms with Crippen LogP contribution >= 0.6 is 0 Å². The number of allylic oxidation sites excluding steroid dienone is 1. The zero-order valence-electron chi connectivity index (χ0n) is 13.0. The smallest absolute Gasteiger partial charge is 0.225 e. The van der Waals surface area contributed by atoms with E-state index in [2.05, 4.69) is 28.3 Å². The van der Waals surface area contributed by atoms with Crippen LogP contribution in [-0.4, -0.2) is 42.3 Å². The van der Waals surface area contributed by atoms with Gasteiger partial charge in [-0.2, -0.15) is 4.98 Å². The largest absolute Gasteiger partial charge is 0.378 e. The first-order valence-corrected chi connectivity index (χ1v) is 8.05. The zero-order valence-corrected chi connectivity index (χ0v) is 13.0. The van der Waals surface area contributed by atoms with Gasteiger partial charge in [0.15, 0.2) is 11.6 Å². The summed E-state index contributed by atoms with van der Waals surface area (Å²) < 4.78 is 19.3. The molecule has 120 valence electrons. The summed E-state index contributed by atoms with van der Waals surface area (Å²) in [6.45, 7) is 4.64. The maximum Gasteiger partial charge on any atom is 0.225 e. The van der Waals surface area contributed by atoms with Crippen LogP contribution in [0.5, 0.6) is 0 Å². The molecule has 1 unspecified atom stereocenters. The fourth-order valence-corrected chi connectivity index (χ4v) is 2.97. The van der Waals surface area contributed by atoms with Crippen molar-refractivity contribution in [2.75, 3.05) is 36.5 Å². The molecule has 1 aliphatic carbocycles. The van der Waals surface area contributed by atoms with Crippen molar-refractivity contribution in [3.05, 3.63) is 23.7 Å². The van der Waals surface area contributed by atoms with Gasteiger partial charge in [-0.15, -0.1) is 0 Å². The molecule has 1 aromatic heterocycles. The molecule has 1 aromatic rings. The molecule has 0 aromatic carbocycles. The van der Waals surface area contributed by atoms with Gasteiger partial charge in [-0.25, -0.2) is 9.37 Å². The van der Waals surface area contributed by atoms with Gasteiger partial charge in [-0.1, -0.05) is 11.6 Å². The molecule has 1 fully saturated rings. The number of morpholine rings is 1. The first kappa shape index (κ1) is 15.2. The molecule has 3 rings (SSSR count). The molecular formula is C16H23FN4O. The van der Waals surface area contributed by atoms with Crippen molar-refractivity contribution in [2.45, 2.75) is 38.6 Å². The van der Waals surface area contributed by atoms with Crippen molar-refractivity contribution >= 4 is 11.8 Å². The molecule has 0 radical (unpaired) electrons. The second-order valence-corrected chi connectivity index (χ2v) is 5.86. The summed E-state index contributed by atoms with van der Waals surface area (Å²) in [4.78, 5) is 10.4. The number of ether oxygens (including phenoxy) is 1. The number of rotatable bonds is 4. The van der Waals surface area contributed by atoms with Crippen molar-refractivity contribution in [1.29, 1.82) is 0 Å². The van der Waals surface area contributed by atoms with E-state index < -0.39 is 0 Å². The number of halogens is 1.